The number of hydrogen-bond acceptors (Lipinski definition) is 2. The molecule has 0 aliphatic carbocycles. The first kappa shape index (κ1) is 11.7. The highest BCUT2D eigenvalue weighted by atomic mass is 79.9. The van der Waals surface area contributed by atoms with E-state index >= 15 is 0 Å². The Morgan fingerprint density at radius 2 is 2.33 bits per heavy atom. The van der Waals surface area contributed by atoms with E-state index in [1.807, 2.05) is 0 Å². The number of carboxylic acid groups (broad SMARTS) is 1. The maximum absolute atomic E-state index is 13.4. The molecule has 0 saturated carbocycles. The van der Waals surface area contributed by atoms with Crippen LogP contribution in [0.2, 0.25) is 0 Å². The summed E-state index contributed by atoms with van der Waals surface area (Å²) in [5, 5.41) is 17.3. The third kappa shape index (κ3) is 3.03. The van der Waals surface area contributed by atoms with Crippen LogP contribution in [-0.2, 0) is 4.79 Å². The van der Waals surface area contributed by atoms with E-state index in [4.69, 9.17) is 10.4 Å². The van der Waals surface area contributed by atoms with E-state index in [0.29, 0.717) is 4.47 Å². The first-order valence-corrected chi connectivity index (χ1v) is 4.90. The van der Waals surface area contributed by atoms with Gasteiger partial charge in [-0.3, -0.25) is 4.79 Å². The van der Waals surface area contributed by atoms with Gasteiger partial charge < -0.3 is 5.11 Å². The average molecular weight is 272 g/mol. The van der Waals surface area contributed by atoms with Crippen molar-refractivity contribution in [3.63, 3.8) is 0 Å². The van der Waals surface area contributed by atoms with Crippen molar-refractivity contribution in [1.82, 2.24) is 0 Å². The fourth-order valence-corrected chi connectivity index (χ4v) is 1.52. The van der Waals surface area contributed by atoms with Gasteiger partial charge in [0.25, 0.3) is 0 Å². The van der Waals surface area contributed by atoms with Gasteiger partial charge in [-0.25, -0.2) is 4.39 Å². The summed E-state index contributed by atoms with van der Waals surface area (Å²) in [6.45, 7) is 0. The van der Waals surface area contributed by atoms with Gasteiger partial charge in [0.1, 0.15) is 5.82 Å². The zero-order chi connectivity index (χ0) is 11.4. The Bertz CT molecular complexity index is 428. The van der Waals surface area contributed by atoms with Gasteiger partial charge in [-0.15, -0.1) is 0 Å². The van der Waals surface area contributed by atoms with E-state index in [-0.39, 0.29) is 5.56 Å². The molecule has 0 aromatic heterocycles. The van der Waals surface area contributed by atoms with E-state index in [1.165, 1.54) is 12.1 Å². The number of aliphatic carboxylic acids is 1. The van der Waals surface area contributed by atoms with Crippen LogP contribution < -0.4 is 0 Å². The Labute approximate surface area is 94.3 Å². The minimum absolute atomic E-state index is 0.114. The summed E-state index contributed by atoms with van der Waals surface area (Å²) >= 11 is 3.08. The van der Waals surface area contributed by atoms with Crippen molar-refractivity contribution >= 4 is 21.9 Å². The van der Waals surface area contributed by atoms with Crippen molar-refractivity contribution in [3.8, 4) is 6.07 Å². The summed E-state index contributed by atoms with van der Waals surface area (Å²) in [6, 6.07) is 5.97. The zero-order valence-electron chi connectivity index (χ0n) is 7.58. The second-order valence-corrected chi connectivity index (χ2v) is 3.86. The standard InChI is InChI=1S/C10H7BrFNO2/c11-7-1-2-8(9(12)4-7)6(5-13)3-10(14)15/h1-2,4,6H,3H2,(H,14,15). The molecule has 5 heteroatoms. The lowest BCUT2D eigenvalue weighted by Crippen LogP contribution is -2.06. The molecule has 1 aromatic carbocycles. The highest BCUT2D eigenvalue weighted by Crippen LogP contribution is 2.24. The third-order valence-corrected chi connectivity index (χ3v) is 2.37. The summed E-state index contributed by atoms with van der Waals surface area (Å²) in [7, 11) is 0. The SMILES string of the molecule is N#CC(CC(=O)O)c1ccc(Br)cc1F. The summed E-state index contributed by atoms with van der Waals surface area (Å²) in [6.07, 6.45) is -0.394. The van der Waals surface area contributed by atoms with Crippen molar-refractivity contribution in [2.75, 3.05) is 0 Å². The predicted molar refractivity (Wildman–Crippen MR) is 54.7 cm³/mol. The van der Waals surface area contributed by atoms with Gasteiger partial charge in [-0.1, -0.05) is 22.0 Å². The number of benzene rings is 1. The van der Waals surface area contributed by atoms with E-state index in [0.717, 1.165) is 0 Å². The van der Waals surface area contributed by atoms with Gasteiger partial charge in [0.05, 0.1) is 18.4 Å². The molecule has 15 heavy (non-hydrogen) atoms. The summed E-state index contributed by atoms with van der Waals surface area (Å²) in [5.74, 6) is -2.64. The number of carbonyl (C=O) groups is 1. The van der Waals surface area contributed by atoms with Crippen molar-refractivity contribution in [2.24, 2.45) is 0 Å². The Morgan fingerprint density at radius 1 is 1.67 bits per heavy atom. The van der Waals surface area contributed by atoms with E-state index < -0.39 is 24.1 Å². The Kier molecular flexibility index (Phi) is 3.81. The molecule has 0 aliphatic rings. The van der Waals surface area contributed by atoms with Crippen LogP contribution in [0.25, 0.3) is 0 Å². The van der Waals surface area contributed by atoms with Crippen LogP contribution in [0.1, 0.15) is 17.9 Å². The summed E-state index contributed by atoms with van der Waals surface area (Å²) in [4.78, 5) is 10.4. The average Bonchev–Trinajstić information content (AvgIpc) is 2.14. The number of hydrogen-bond donors (Lipinski definition) is 1. The van der Waals surface area contributed by atoms with Gasteiger partial charge in [0.2, 0.25) is 0 Å². The lowest BCUT2D eigenvalue weighted by Gasteiger charge is -2.07. The molecule has 1 aromatic rings. The van der Waals surface area contributed by atoms with Crippen LogP contribution in [0, 0.1) is 17.1 Å². The molecule has 0 aliphatic heterocycles. The fraction of sp³-hybridized carbons (Fsp3) is 0.200. The second-order valence-electron chi connectivity index (χ2n) is 2.95. The molecule has 3 nitrogen and oxygen atoms in total. The number of carboxylic acids is 1. The molecular weight excluding hydrogens is 265 g/mol. The lowest BCUT2D eigenvalue weighted by molar-refractivity contribution is -0.137. The molecule has 0 bridgehead atoms. The van der Waals surface area contributed by atoms with Crippen molar-refractivity contribution in [3.05, 3.63) is 34.1 Å². The molecular formula is C10H7BrFNO2. The number of halogens is 2. The topological polar surface area (TPSA) is 61.1 Å². The first-order valence-electron chi connectivity index (χ1n) is 4.11. The Morgan fingerprint density at radius 3 is 2.80 bits per heavy atom. The van der Waals surface area contributed by atoms with Crippen LogP contribution in [0.15, 0.2) is 22.7 Å². The van der Waals surface area contributed by atoms with Crippen LogP contribution >= 0.6 is 15.9 Å². The van der Waals surface area contributed by atoms with Gasteiger partial charge in [0.15, 0.2) is 0 Å². The van der Waals surface area contributed by atoms with Crippen LogP contribution in [-0.4, -0.2) is 11.1 Å². The van der Waals surface area contributed by atoms with E-state index in [2.05, 4.69) is 15.9 Å². The highest BCUT2D eigenvalue weighted by Gasteiger charge is 2.18. The Balaban J connectivity index is 3.03. The molecule has 1 unspecified atom stereocenters. The molecule has 0 fully saturated rings. The number of nitrogens with zero attached hydrogens (tertiary/aromatic N) is 1. The van der Waals surface area contributed by atoms with Gasteiger partial charge in [-0.2, -0.15) is 5.26 Å². The zero-order valence-corrected chi connectivity index (χ0v) is 9.16. The molecule has 1 N–H and O–H groups in total. The van der Waals surface area contributed by atoms with Gasteiger partial charge >= 0.3 is 5.97 Å². The first-order chi connectivity index (χ1) is 7.04. The number of nitriles is 1. The van der Waals surface area contributed by atoms with Crippen molar-refractivity contribution in [2.45, 2.75) is 12.3 Å². The van der Waals surface area contributed by atoms with Crippen LogP contribution in [0.5, 0.6) is 0 Å². The predicted octanol–water partition coefficient (Wildman–Crippen LogP) is 2.67. The summed E-state index contributed by atoms with van der Waals surface area (Å²) < 4.78 is 13.9. The quantitative estimate of drug-likeness (QED) is 0.920. The molecule has 1 rings (SSSR count). The third-order valence-electron chi connectivity index (χ3n) is 1.87. The van der Waals surface area contributed by atoms with Crippen molar-refractivity contribution < 1.29 is 14.3 Å². The minimum Gasteiger partial charge on any atom is -0.481 e. The molecule has 0 amide bonds. The lowest BCUT2D eigenvalue weighted by atomic mass is 9.97. The monoisotopic (exact) mass is 271 g/mol. The maximum atomic E-state index is 13.4. The smallest absolute Gasteiger partial charge is 0.305 e. The second kappa shape index (κ2) is 4.89. The fourth-order valence-electron chi connectivity index (χ4n) is 1.18. The van der Waals surface area contributed by atoms with Crippen LogP contribution in [0.4, 0.5) is 4.39 Å². The summed E-state index contributed by atoms with van der Waals surface area (Å²) in [5.41, 5.74) is 0.114. The maximum Gasteiger partial charge on any atom is 0.305 e. The molecule has 0 heterocycles. The van der Waals surface area contributed by atoms with E-state index in [9.17, 15) is 9.18 Å². The molecule has 78 valence electrons. The van der Waals surface area contributed by atoms with Crippen LogP contribution in [0.3, 0.4) is 0 Å². The molecule has 0 spiro atoms. The van der Waals surface area contributed by atoms with Gasteiger partial charge in [-0.05, 0) is 12.1 Å². The molecule has 0 radical (unpaired) electrons. The Hall–Kier alpha value is -1.41. The van der Waals surface area contributed by atoms with Gasteiger partial charge in [0, 0.05) is 10.0 Å². The molecule has 0 saturated heterocycles. The minimum atomic E-state index is -1.12. The van der Waals surface area contributed by atoms with E-state index in [1.54, 1.807) is 12.1 Å². The highest BCUT2D eigenvalue weighted by molar-refractivity contribution is 9.10. The number of rotatable bonds is 3. The van der Waals surface area contributed by atoms with Crippen molar-refractivity contribution in [1.29, 1.82) is 5.26 Å². The normalized spacial score (nSPS) is 11.8. The largest absolute Gasteiger partial charge is 0.481 e. The molecule has 1 atom stereocenters.